The Morgan fingerprint density at radius 2 is 1.84 bits per heavy atom. The van der Waals surface area contributed by atoms with E-state index in [1.165, 1.54) is 6.92 Å². The summed E-state index contributed by atoms with van der Waals surface area (Å²) >= 11 is 0. The Hall–Kier alpha value is -1.10. The van der Waals surface area contributed by atoms with E-state index in [0.717, 1.165) is 25.7 Å². The van der Waals surface area contributed by atoms with Gasteiger partial charge in [0, 0.05) is 19.9 Å². The van der Waals surface area contributed by atoms with Gasteiger partial charge in [-0.1, -0.05) is 20.3 Å². The number of hydrogen-bond donors (Lipinski definition) is 3. The van der Waals surface area contributed by atoms with Crippen molar-refractivity contribution < 1.29 is 14.7 Å². The molecule has 0 saturated carbocycles. The van der Waals surface area contributed by atoms with Crippen molar-refractivity contribution in [2.24, 2.45) is 5.92 Å². The van der Waals surface area contributed by atoms with E-state index in [2.05, 4.69) is 24.5 Å². The fraction of sp³-hybridized carbons (Fsp3) is 0.857. The Balaban J connectivity index is 3.60. The van der Waals surface area contributed by atoms with Gasteiger partial charge in [0.05, 0.1) is 12.6 Å². The molecule has 0 aliphatic rings. The molecular formula is C14H28N2O3. The Morgan fingerprint density at radius 1 is 1.16 bits per heavy atom. The SMILES string of the molecule is CC(=O)NCCCCCC(=O)NC(CO)CC(C)C. The molecule has 0 saturated heterocycles. The number of aliphatic hydroxyl groups excluding tert-OH is 1. The standard InChI is InChI=1S/C14H28N2O3/c1-11(2)9-13(10-17)16-14(19)7-5-4-6-8-15-12(3)18/h11,13,17H,4-10H2,1-3H3,(H,15,18)(H,16,19). The zero-order chi connectivity index (χ0) is 14.7. The maximum atomic E-state index is 11.6. The highest BCUT2D eigenvalue weighted by molar-refractivity contribution is 5.76. The third-order valence-corrected chi connectivity index (χ3v) is 2.80. The number of aliphatic hydroxyl groups is 1. The Bertz CT molecular complexity index is 267. The van der Waals surface area contributed by atoms with Crippen LogP contribution >= 0.6 is 0 Å². The Kier molecular flexibility index (Phi) is 10.2. The Labute approximate surface area is 116 Å². The second-order valence-electron chi connectivity index (χ2n) is 5.37. The summed E-state index contributed by atoms with van der Waals surface area (Å²) in [6, 6.07) is -0.133. The second-order valence-corrected chi connectivity index (χ2v) is 5.37. The normalized spacial score (nSPS) is 12.3. The summed E-state index contributed by atoms with van der Waals surface area (Å²) in [4.78, 5) is 22.3. The summed E-state index contributed by atoms with van der Waals surface area (Å²) in [6.07, 6.45) is 3.90. The first-order valence-electron chi connectivity index (χ1n) is 7.10. The topological polar surface area (TPSA) is 78.4 Å². The average Bonchev–Trinajstić information content (AvgIpc) is 2.31. The molecule has 2 amide bonds. The van der Waals surface area contributed by atoms with Crippen molar-refractivity contribution >= 4 is 11.8 Å². The molecule has 3 N–H and O–H groups in total. The van der Waals surface area contributed by atoms with Gasteiger partial charge in [-0.25, -0.2) is 0 Å². The zero-order valence-corrected chi connectivity index (χ0v) is 12.4. The molecule has 0 aliphatic carbocycles. The molecule has 0 radical (unpaired) electrons. The number of hydrogen-bond acceptors (Lipinski definition) is 3. The summed E-state index contributed by atoms with van der Waals surface area (Å²) in [5.74, 6) is 0.437. The fourth-order valence-corrected chi connectivity index (χ4v) is 1.90. The Morgan fingerprint density at radius 3 is 2.37 bits per heavy atom. The van der Waals surface area contributed by atoms with Crippen LogP contribution in [0.25, 0.3) is 0 Å². The van der Waals surface area contributed by atoms with Gasteiger partial charge in [-0.05, 0) is 25.2 Å². The van der Waals surface area contributed by atoms with Gasteiger partial charge in [-0.2, -0.15) is 0 Å². The minimum atomic E-state index is -0.133. The van der Waals surface area contributed by atoms with Crippen LogP contribution < -0.4 is 10.6 Å². The number of rotatable bonds is 10. The minimum Gasteiger partial charge on any atom is -0.394 e. The van der Waals surface area contributed by atoms with E-state index in [4.69, 9.17) is 5.11 Å². The summed E-state index contributed by atoms with van der Waals surface area (Å²) in [7, 11) is 0. The van der Waals surface area contributed by atoms with Crippen LogP contribution in [0, 0.1) is 5.92 Å². The molecule has 1 atom stereocenters. The highest BCUT2D eigenvalue weighted by Crippen LogP contribution is 2.05. The van der Waals surface area contributed by atoms with Gasteiger partial charge in [-0.15, -0.1) is 0 Å². The van der Waals surface area contributed by atoms with Gasteiger partial charge in [0.2, 0.25) is 11.8 Å². The molecule has 0 heterocycles. The molecule has 112 valence electrons. The molecule has 0 rings (SSSR count). The predicted molar refractivity (Wildman–Crippen MR) is 75.6 cm³/mol. The van der Waals surface area contributed by atoms with Crippen LogP contribution in [0.4, 0.5) is 0 Å². The van der Waals surface area contributed by atoms with Crippen LogP contribution in [0.3, 0.4) is 0 Å². The van der Waals surface area contributed by atoms with Crippen LogP contribution in [0.5, 0.6) is 0 Å². The number of nitrogens with one attached hydrogen (secondary N) is 2. The molecule has 0 spiro atoms. The third-order valence-electron chi connectivity index (χ3n) is 2.80. The fourth-order valence-electron chi connectivity index (χ4n) is 1.90. The van der Waals surface area contributed by atoms with E-state index in [0.29, 0.717) is 18.9 Å². The van der Waals surface area contributed by atoms with E-state index in [9.17, 15) is 9.59 Å². The summed E-state index contributed by atoms with van der Waals surface area (Å²) in [5.41, 5.74) is 0. The van der Waals surface area contributed by atoms with E-state index in [-0.39, 0.29) is 24.5 Å². The first kappa shape index (κ1) is 17.9. The van der Waals surface area contributed by atoms with Crippen LogP contribution in [-0.4, -0.2) is 36.1 Å². The van der Waals surface area contributed by atoms with Gasteiger partial charge in [0.25, 0.3) is 0 Å². The van der Waals surface area contributed by atoms with Gasteiger partial charge in [-0.3, -0.25) is 9.59 Å². The van der Waals surface area contributed by atoms with Crippen molar-refractivity contribution in [1.29, 1.82) is 0 Å². The summed E-state index contributed by atoms with van der Waals surface area (Å²) in [5, 5.41) is 14.7. The second kappa shape index (κ2) is 10.8. The van der Waals surface area contributed by atoms with Crippen molar-refractivity contribution in [1.82, 2.24) is 10.6 Å². The monoisotopic (exact) mass is 272 g/mol. The number of carbonyl (C=O) groups is 2. The molecule has 0 aromatic carbocycles. The van der Waals surface area contributed by atoms with Gasteiger partial charge in [0.1, 0.15) is 0 Å². The number of amides is 2. The van der Waals surface area contributed by atoms with Gasteiger partial charge >= 0.3 is 0 Å². The van der Waals surface area contributed by atoms with E-state index < -0.39 is 0 Å². The molecular weight excluding hydrogens is 244 g/mol. The van der Waals surface area contributed by atoms with Crippen molar-refractivity contribution in [3.05, 3.63) is 0 Å². The number of carbonyl (C=O) groups excluding carboxylic acids is 2. The molecule has 0 aromatic heterocycles. The first-order chi connectivity index (χ1) is 8.95. The van der Waals surface area contributed by atoms with Crippen molar-refractivity contribution in [3.8, 4) is 0 Å². The number of unbranched alkanes of at least 4 members (excludes halogenated alkanes) is 2. The van der Waals surface area contributed by atoms with E-state index in [1.807, 2.05) is 0 Å². The minimum absolute atomic E-state index is 0.000716. The van der Waals surface area contributed by atoms with Crippen molar-refractivity contribution in [3.63, 3.8) is 0 Å². The lowest BCUT2D eigenvalue weighted by Crippen LogP contribution is -2.38. The molecule has 19 heavy (non-hydrogen) atoms. The molecule has 0 fully saturated rings. The highest BCUT2D eigenvalue weighted by atomic mass is 16.3. The molecule has 1 unspecified atom stereocenters. The molecule has 0 aliphatic heterocycles. The highest BCUT2D eigenvalue weighted by Gasteiger charge is 2.12. The molecule has 5 heteroatoms. The van der Waals surface area contributed by atoms with Crippen LogP contribution in [-0.2, 0) is 9.59 Å². The van der Waals surface area contributed by atoms with Crippen LogP contribution in [0.1, 0.15) is 52.9 Å². The summed E-state index contributed by atoms with van der Waals surface area (Å²) < 4.78 is 0. The molecule has 5 nitrogen and oxygen atoms in total. The lowest BCUT2D eigenvalue weighted by atomic mass is 10.0. The first-order valence-corrected chi connectivity index (χ1v) is 7.10. The van der Waals surface area contributed by atoms with E-state index in [1.54, 1.807) is 0 Å². The molecule has 0 bridgehead atoms. The van der Waals surface area contributed by atoms with Crippen molar-refractivity contribution in [2.75, 3.05) is 13.2 Å². The van der Waals surface area contributed by atoms with E-state index >= 15 is 0 Å². The van der Waals surface area contributed by atoms with Gasteiger partial charge < -0.3 is 15.7 Å². The predicted octanol–water partition coefficient (Wildman–Crippen LogP) is 1.21. The van der Waals surface area contributed by atoms with Gasteiger partial charge in [0.15, 0.2) is 0 Å². The zero-order valence-electron chi connectivity index (χ0n) is 12.4. The lowest BCUT2D eigenvalue weighted by Gasteiger charge is -2.18. The van der Waals surface area contributed by atoms with Crippen LogP contribution in [0.2, 0.25) is 0 Å². The average molecular weight is 272 g/mol. The third kappa shape index (κ3) is 11.7. The maximum absolute atomic E-state index is 11.6. The van der Waals surface area contributed by atoms with Crippen LogP contribution in [0.15, 0.2) is 0 Å². The van der Waals surface area contributed by atoms with Crippen molar-refractivity contribution in [2.45, 2.75) is 58.9 Å². The quantitative estimate of drug-likeness (QED) is 0.523. The largest absolute Gasteiger partial charge is 0.394 e. The molecule has 0 aromatic rings. The smallest absolute Gasteiger partial charge is 0.220 e. The summed E-state index contributed by atoms with van der Waals surface area (Å²) in [6.45, 7) is 6.29. The lowest BCUT2D eigenvalue weighted by molar-refractivity contribution is -0.122. The maximum Gasteiger partial charge on any atom is 0.220 e.